The maximum atomic E-state index is 4.38. The number of para-hydroxylation sites is 1. The molecule has 3 nitrogen and oxygen atoms in total. The number of hydrogen-bond acceptors (Lipinski definition) is 2. The van der Waals surface area contributed by atoms with Crippen molar-refractivity contribution >= 4 is 17.0 Å². The average molecular weight is 299 g/mol. The zero-order valence-corrected chi connectivity index (χ0v) is 12.9. The van der Waals surface area contributed by atoms with Gasteiger partial charge in [-0.15, -0.1) is 0 Å². The first-order valence-corrected chi connectivity index (χ1v) is 7.66. The zero-order chi connectivity index (χ0) is 15.6. The van der Waals surface area contributed by atoms with Gasteiger partial charge in [0.1, 0.15) is 5.65 Å². The number of imidazole rings is 1. The molecule has 0 atom stereocenters. The molecule has 112 valence electrons. The molecule has 0 aliphatic heterocycles. The van der Waals surface area contributed by atoms with Gasteiger partial charge in [0.05, 0.1) is 0 Å². The van der Waals surface area contributed by atoms with Gasteiger partial charge in [-0.2, -0.15) is 0 Å². The van der Waals surface area contributed by atoms with Gasteiger partial charge in [0.2, 0.25) is 0 Å². The van der Waals surface area contributed by atoms with Crippen LogP contribution in [-0.4, -0.2) is 9.38 Å². The Labute approximate surface area is 135 Å². The predicted molar refractivity (Wildman–Crippen MR) is 95.1 cm³/mol. The van der Waals surface area contributed by atoms with Gasteiger partial charge in [-0.05, 0) is 54.4 Å². The van der Waals surface area contributed by atoms with Crippen molar-refractivity contribution in [3.05, 3.63) is 84.8 Å². The summed E-state index contributed by atoms with van der Waals surface area (Å²) in [7, 11) is 0. The molecule has 3 heteroatoms. The number of nitrogens with one attached hydrogen (secondary N) is 1. The lowest BCUT2D eigenvalue weighted by Gasteiger charge is -2.09. The lowest BCUT2D eigenvalue weighted by molar-refractivity contribution is 1.11. The highest BCUT2D eigenvalue weighted by Crippen LogP contribution is 2.25. The van der Waals surface area contributed by atoms with Crippen LogP contribution in [0.5, 0.6) is 0 Å². The van der Waals surface area contributed by atoms with Crippen LogP contribution in [0.3, 0.4) is 0 Å². The van der Waals surface area contributed by atoms with E-state index in [1.165, 1.54) is 11.1 Å². The Morgan fingerprint density at radius 2 is 1.65 bits per heavy atom. The quantitative estimate of drug-likeness (QED) is 0.573. The Balaban J connectivity index is 1.70. The van der Waals surface area contributed by atoms with Gasteiger partial charge in [0.15, 0.2) is 0 Å². The van der Waals surface area contributed by atoms with Gasteiger partial charge < -0.3 is 9.72 Å². The largest absolute Gasteiger partial charge is 0.356 e. The van der Waals surface area contributed by atoms with Crippen molar-refractivity contribution in [2.45, 2.75) is 6.92 Å². The minimum absolute atomic E-state index is 0.977. The van der Waals surface area contributed by atoms with E-state index in [9.17, 15) is 0 Å². The molecule has 0 spiro atoms. The second kappa shape index (κ2) is 5.61. The van der Waals surface area contributed by atoms with Crippen LogP contribution in [0, 0.1) is 6.92 Å². The van der Waals surface area contributed by atoms with Gasteiger partial charge in [-0.3, -0.25) is 0 Å². The molecule has 0 saturated heterocycles. The van der Waals surface area contributed by atoms with E-state index in [4.69, 9.17) is 0 Å². The molecule has 23 heavy (non-hydrogen) atoms. The lowest BCUT2D eigenvalue weighted by Crippen LogP contribution is -1.91. The summed E-state index contributed by atoms with van der Waals surface area (Å²) in [5.41, 5.74) is 6.64. The summed E-state index contributed by atoms with van der Waals surface area (Å²) in [6, 6.07) is 22.8. The van der Waals surface area contributed by atoms with E-state index in [0.29, 0.717) is 0 Å². The molecule has 2 heterocycles. The molecule has 0 saturated carbocycles. The van der Waals surface area contributed by atoms with Crippen LogP contribution in [0.15, 0.2) is 79.1 Å². The summed E-state index contributed by atoms with van der Waals surface area (Å²) >= 11 is 0. The van der Waals surface area contributed by atoms with Crippen LogP contribution in [0.25, 0.3) is 16.8 Å². The number of anilines is 2. The van der Waals surface area contributed by atoms with Crippen molar-refractivity contribution in [3.8, 4) is 11.1 Å². The number of aryl methyl sites for hydroxylation is 1. The first kappa shape index (κ1) is 13.6. The SMILES string of the molecule is Cc1cnc2ccc(-c3cccc(Nc4ccccc4)c3)cn12. The molecule has 0 amide bonds. The van der Waals surface area contributed by atoms with E-state index in [1.54, 1.807) is 0 Å². The minimum atomic E-state index is 0.977. The van der Waals surface area contributed by atoms with Gasteiger partial charge >= 0.3 is 0 Å². The van der Waals surface area contributed by atoms with Crippen molar-refractivity contribution in [2.24, 2.45) is 0 Å². The Kier molecular flexibility index (Phi) is 3.31. The van der Waals surface area contributed by atoms with Gasteiger partial charge in [0.25, 0.3) is 0 Å². The van der Waals surface area contributed by atoms with Gasteiger partial charge in [0, 0.05) is 29.5 Å². The molecule has 4 rings (SSSR count). The number of aromatic nitrogens is 2. The van der Waals surface area contributed by atoms with E-state index >= 15 is 0 Å². The standard InChI is InChI=1S/C20H17N3/c1-15-13-21-20-11-10-17(14-23(15)20)16-6-5-9-19(12-16)22-18-7-3-2-4-8-18/h2-14,22H,1H3. The molecule has 2 aromatic carbocycles. The van der Waals surface area contributed by atoms with Crippen LogP contribution >= 0.6 is 0 Å². The van der Waals surface area contributed by atoms with Crippen LogP contribution in [-0.2, 0) is 0 Å². The van der Waals surface area contributed by atoms with Crippen molar-refractivity contribution in [2.75, 3.05) is 5.32 Å². The number of rotatable bonds is 3. The molecule has 2 aromatic heterocycles. The van der Waals surface area contributed by atoms with Gasteiger partial charge in [-0.25, -0.2) is 4.98 Å². The number of hydrogen-bond donors (Lipinski definition) is 1. The molecule has 0 bridgehead atoms. The third-order valence-electron chi connectivity index (χ3n) is 3.95. The first-order chi connectivity index (χ1) is 11.3. The summed E-state index contributed by atoms with van der Waals surface area (Å²) in [5.74, 6) is 0. The van der Waals surface area contributed by atoms with E-state index < -0.39 is 0 Å². The normalized spacial score (nSPS) is 10.8. The third-order valence-corrected chi connectivity index (χ3v) is 3.95. The maximum absolute atomic E-state index is 4.38. The molecule has 0 aliphatic rings. The van der Waals surface area contributed by atoms with Crippen LogP contribution in [0.2, 0.25) is 0 Å². The van der Waals surface area contributed by atoms with Crippen LogP contribution < -0.4 is 5.32 Å². The second-order valence-electron chi connectivity index (χ2n) is 5.62. The summed E-state index contributed by atoms with van der Waals surface area (Å²) < 4.78 is 2.12. The highest BCUT2D eigenvalue weighted by Gasteiger charge is 2.04. The lowest BCUT2D eigenvalue weighted by atomic mass is 10.1. The van der Waals surface area contributed by atoms with E-state index in [2.05, 4.69) is 76.4 Å². The number of fused-ring (bicyclic) bond motifs is 1. The summed E-state index contributed by atoms with van der Waals surface area (Å²) in [5, 5.41) is 3.44. The Morgan fingerprint density at radius 3 is 2.52 bits per heavy atom. The smallest absolute Gasteiger partial charge is 0.136 e. The topological polar surface area (TPSA) is 29.3 Å². The fourth-order valence-corrected chi connectivity index (χ4v) is 2.74. The number of pyridine rings is 1. The minimum Gasteiger partial charge on any atom is -0.356 e. The summed E-state index contributed by atoms with van der Waals surface area (Å²) in [6.07, 6.45) is 4.03. The van der Waals surface area contributed by atoms with Gasteiger partial charge in [-0.1, -0.05) is 30.3 Å². The first-order valence-electron chi connectivity index (χ1n) is 7.66. The van der Waals surface area contributed by atoms with Crippen molar-refractivity contribution in [3.63, 3.8) is 0 Å². The van der Waals surface area contributed by atoms with Crippen molar-refractivity contribution in [1.82, 2.24) is 9.38 Å². The molecule has 0 aliphatic carbocycles. The summed E-state index contributed by atoms with van der Waals surface area (Å²) in [4.78, 5) is 4.38. The molecular weight excluding hydrogens is 282 g/mol. The fraction of sp³-hybridized carbons (Fsp3) is 0.0500. The maximum Gasteiger partial charge on any atom is 0.136 e. The van der Waals surface area contributed by atoms with Crippen LogP contribution in [0.4, 0.5) is 11.4 Å². The highest BCUT2D eigenvalue weighted by atomic mass is 15.0. The van der Waals surface area contributed by atoms with Crippen molar-refractivity contribution in [1.29, 1.82) is 0 Å². The zero-order valence-electron chi connectivity index (χ0n) is 12.9. The molecule has 0 fully saturated rings. The molecule has 0 unspecified atom stereocenters. The number of nitrogens with zero attached hydrogens (tertiary/aromatic N) is 2. The molecule has 0 radical (unpaired) electrons. The number of benzene rings is 2. The van der Waals surface area contributed by atoms with E-state index in [0.717, 1.165) is 22.7 Å². The van der Waals surface area contributed by atoms with Crippen LogP contribution in [0.1, 0.15) is 5.69 Å². The third kappa shape index (κ3) is 2.69. The Bertz CT molecular complexity index is 955. The summed E-state index contributed by atoms with van der Waals surface area (Å²) in [6.45, 7) is 2.07. The monoisotopic (exact) mass is 299 g/mol. The fourth-order valence-electron chi connectivity index (χ4n) is 2.74. The van der Waals surface area contributed by atoms with Crippen molar-refractivity contribution < 1.29 is 0 Å². The van der Waals surface area contributed by atoms with E-state index in [-0.39, 0.29) is 0 Å². The molecule has 4 aromatic rings. The molecule has 1 N–H and O–H groups in total. The predicted octanol–water partition coefficient (Wildman–Crippen LogP) is 5.05. The average Bonchev–Trinajstić information content (AvgIpc) is 2.97. The van der Waals surface area contributed by atoms with E-state index in [1.807, 2.05) is 24.4 Å². The Hall–Kier alpha value is -3.07. The second-order valence-corrected chi connectivity index (χ2v) is 5.62. The Morgan fingerprint density at radius 1 is 0.826 bits per heavy atom. The molecular formula is C20H17N3. The highest BCUT2D eigenvalue weighted by molar-refractivity contribution is 5.71.